The highest BCUT2D eigenvalue weighted by Gasteiger charge is 2.17. The van der Waals surface area contributed by atoms with Crippen molar-refractivity contribution in [3.05, 3.63) is 53.0 Å². The minimum absolute atomic E-state index is 0.141. The van der Waals surface area contributed by atoms with Gasteiger partial charge in [0.2, 0.25) is 6.79 Å². The van der Waals surface area contributed by atoms with Crippen molar-refractivity contribution in [2.75, 3.05) is 13.4 Å². The molecule has 0 amide bonds. The number of fused-ring (bicyclic) bond motifs is 2. The van der Waals surface area contributed by atoms with E-state index < -0.39 is 5.97 Å². The molecule has 1 aromatic heterocycles. The maximum Gasteiger partial charge on any atom is 0.338 e. The molecule has 0 atom stereocenters. The van der Waals surface area contributed by atoms with E-state index in [1.165, 1.54) is 11.3 Å². The molecule has 120 valence electrons. The number of ether oxygens (including phenoxy) is 3. The zero-order valence-electron chi connectivity index (χ0n) is 12.4. The van der Waals surface area contributed by atoms with E-state index in [1.807, 2.05) is 0 Å². The Balaban J connectivity index is 1.43. The Bertz CT molecular complexity index is 949. The van der Waals surface area contributed by atoms with E-state index in [2.05, 4.69) is 4.98 Å². The number of rotatable bonds is 4. The summed E-state index contributed by atoms with van der Waals surface area (Å²) in [7, 11) is 0. The monoisotopic (exact) mass is 341 g/mol. The first-order valence-corrected chi connectivity index (χ1v) is 8.02. The van der Waals surface area contributed by atoms with Gasteiger partial charge in [0.15, 0.2) is 23.9 Å². The van der Waals surface area contributed by atoms with Crippen molar-refractivity contribution < 1.29 is 23.8 Å². The number of benzene rings is 2. The minimum atomic E-state index is -0.542. The number of hydrogen-bond acceptors (Lipinski definition) is 7. The van der Waals surface area contributed by atoms with Crippen molar-refractivity contribution in [2.24, 2.45) is 0 Å². The van der Waals surface area contributed by atoms with E-state index in [0.29, 0.717) is 22.6 Å². The lowest BCUT2D eigenvalue weighted by atomic mass is 10.1. The summed E-state index contributed by atoms with van der Waals surface area (Å²) in [6.07, 6.45) is 0. The van der Waals surface area contributed by atoms with Gasteiger partial charge in [-0.25, -0.2) is 9.78 Å². The normalized spacial score (nSPS) is 12.3. The van der Waals surface area contributed by atoms with E-state index in [4.69, 9.17) is 14.2 Å². The van der Waals surface area contributed by atoms with Crippen LogP contribution in [0.1, 0.15) is 20.7 Å². The van der Waals surface area contributed by atoms with E-state index in [9.17, 15) is 9.59 Å². The van der Waals surface area contributed by atoms with Crippen molar-refractivity contribution in [3.8, 4) is 11.5 Å². The summed E-state index contributed by atoms with van der Waals surface area (Å²) in [6.45, 7) is -0.193. The van der Waals surface area contributed by atoms with Crippen LogP contribution in [0.3, 0.4) is 0 Å². The third-order valence-corrected chi connectivity index (χ3v) is 4.39. The molecule has 6 nitrogen and oxygen atoms in total. The molecule has 7 heteroatoms. The topological polar surface area (TPSA) is 74.7 Å². The second-order valence-corrected chi connectivity index (χ2v) is 5.99. The Kier molecular flexibility index (Phi) is 3.62. The Labute approximate surface area is 140 Å². The highest BCUT2D eigenvalue weighted by Crippen LogP contribution is 2.32. The van der Waals surface area contributed by atoms with E-state index in [1.54, 1.807) is 41.9 Å². The quantitative estimate of drug-likeness (QED) is 0.536. The van der Waals surface area contributed by atoms with Gasteiger partial charge in [0.25, 0.3) is 0 Å². The molecule has 1 aliphatic heterocycles. The molecule has 1 aliphatic rings. The molecular weight excluding hydrogens is 330 g/mol. The molecule has 4 rings (SSSR count). The molecule has 0 fully saturated rings. The molecule has 0 N–H and O–H groups in total. The van der Waals surface area contributed by atoms with Crippen LogP contribution < -0.4 is 9.47 Å². The number of thiazole rings is 1. The summed E-state index contributed by atoms with van der Waals surface area (Å²) >= 11 is 1.44. The largest absolute Gasteiger partial charge is 0.454 e. The van der Waals surface area contributed by atoms with E-state index >= 15 is 0 Å². The van der Waals surface area contributed by atoms with Gasteiger partial charge in [-0.3, -0.25) is 4.79 Å². The van der Waals surface area contributed by atoms with Crippen LogP contribution in [-0.4, -0.2) is 30.1 Å². The van der Waals surface area contributed by atoms with Crippen LogP contribution in [0.4, 0.5) is 0 Å². The zero-order valence-corrected chi connectivity index (χ0v) is 13.2. The smallest absolute Gasteiger partial charge is 0.338 e. The summed E-state index contributed by atoms with van der Waals surface area (Å²) in [6, 6.07) is 9.96. The maximum atomic E-state index is 12.2. The second-order valence-electron chi connectivity index (χ2n) is 5.10. The van der Waals surface area contributed by atoms with Gasteiger partial charge >= 0.3 is 5.97 Å². The maximum absolute atomic E-state index is 12.2. The molecule has 3 aromatic rings. The first-order chi connectivity index (χ1) is 11.7. The van der Waals surface area contributed by atoms with Crippen LogP contribution in [0, 0.1) is 0 Å². The minimum Gasteiger partial charge on any atom is -0.454 e. The average molecular weight is 341 g/mol. The molecule has 0 aliphatic carbocycles. The van der Waals surface area contributed by atoms with Crippen LogP contribution in [0.5, 0.6) is 11.5 Å². The summed E-state index contributed by atoms with van der Waals surface area (Å²) in [4.78, 5) is 28.4. The average Bonchev–Trinajstić information content (AvgIpc) is 3.26. The fraction of sp³-hybridized carbons (Fsp3) is 0.118. The molecular formula is C17H11NO5S. The Morgan fingerprint density at radius 1 is 1.08 bits per heavy atom. The number of aromatic nitrogens is 1. The van der Waals surface area contributed by atoms with Crippen molar-refractivity contribution in [1.29, 1.82) is 0 Å². The van der Waals surface area contributed by atoms with Crippen LogP contribution in [0.25, 0.3) is 10.2 Å². The van der Waals surface area contributed by atoms with E-state index in [-0.39, 0.29) is 19.2 Å². The predicted molar refractivity (Wildman–Crippen MR) is 86.8 cm³/mol. The lowest BCUT2D eigenvalue weighted by Crippen LogP contribution is -2.14. The molecule has 24 heavy (non-hydrogen) atoms. The van der Waals surface area contributed by atoms with Crippen molar-refractivity contribution in [1.82, 2.24) is 4.98 Å². The Morgan fingerprint density at radius 3 is 2.83 bits per heavy atom. The van der Waals surface area contributed by atoms with Gasteiger partial charge in [-0.05, 0) is 36.4 Å². The van der Waals surface area contributed by atoms with Crippen LogP contribution in [-0.2, 0) is 4.74 Å². The summed E-state index contributed by atoms with van der Waals surface area (Å²) < 4.78 is 16.4. The van der Waals surface area contributed by atoms with Crippen LogP contribution in [0.15, 0.2) is 41.9 Å². The molecule has 0 saturated carbocycles. The number of carbonyl (C=O) groups excluding carboxylic acids is 2. The number of ketones is 1. The van der Waals surface area contributed by atoms with Crippen molar-refractivity contribution >= 4 is 33.3 Å². The molecule has 2 heterocycles. The zero-order chi connectivity index (χ0) is 16.5. The molecule has 0 spiro atoms. The standard InChI is InChI=1S/C17H11NO5S/c19-13(10-2-4-14-15(5-10)23-9-22-14)7-21-17(20)11-1-3-12-16(6-11)24-8-18-12/h1-6,8H,7,9H2. The SMILES string of the molecule is O=C(COC(=O)c1ccc2ncsc2c1)c1ccc2c(c1)OCO2. The first-order valence-electron chi connectivity index (χ1n) is 7.14. The lowest BCUT2D eigenvalue weighted by Gasteiger charge is -2.05. The molecule has 0 radical (unpaired) electrons. The first kappa shape index (κ1) is 14.6. The molecule has 0 saturated heterocycles. The second kappa shape index (κ2) is 5.93. The highest BCUT2D eigenvalue weighted by molar-refractivity contribution is 7.16. The van der Waals surface area contributed by atoms with Gasteiger partial charge in [0.1, 0.15) is 0 Å². The van der Waals surface area contributed by atoms with Gasteiger partial charge in [-0.15, -0.1) is 11.3 Å². The number of Topliss-reactive ketones (excluding diaryl/α,β-unsaturated/α-hetero) is 1. The number of nitrogens with zero attached hydrogens (tertiary/aromatic N) is 1. The molecule has 0 bridgehead atoms. The number of hydrogen-bond donors (Lipinski definition) is 0. The van der Waals surface area contributed by atoms with E-state index in [0.717, 1.165) is 10.2 Å². The number of carbonyl (C=O) groups is 2. The fourth-order valence-electron chi connectivity index (χ4n) is 2.35. The molecule has 2 aromatic carbocycles. The predicted octanol–water partition coefficient (Wildman–Crippen LogP) is 3.06. The third kappa shape index (κ3) is 2.69. The van der Waals surface area contributed by atoms with Gasteiger partial charge in [0.05, 0.1) is 21.3 Å². The fourth-order valence-corrected chi connectivity index (χ4v) is 3.07. The summed E-state index contributed by atoms with van der Waals surface area (Å²) in [5, 5.41) is 0. The van der Waals surface area contributed by atoms with Crippen molar-refractivity contribution in [3.63, 3.8) is 0 Å². The lowest BCUT2D eigenvalue weighted by molar-refractivity contribution is 0.0475. The summed E-state index contributed by atoms with van der Waals surface area (Å²) in [5.41, 5.74) is 3.34. The Morgan fingerprint density at radius 2 is 1.92 bits per heavy atom. The Hall–Kier alpha value is -2.93. The van der Waals surface area contributed by atoms with Crippen LogP contribution >= 0.6 is 11.3 Å². The van der Waals surface area contributed by atoms with Gasteiger partial charge in [0, 0.05) is 5.56 Å². The van der Waals surface area contributed by atoms with Crippen LogP contribution in [0.2, 0.25) is 0 Å². The molecule has 0 unspecified atom stereocenters. The summed E-state index contributed by atoms with van der Waals surface area (Å²) in [5.74, 6) is 0.268. The highest BCUT2D eigenvalue weighted by atomic mass is 32.1. The number of esters is 1. The third-order valence-electron chi connectivity index (χ3n) is 3.60. The van der Waals surface area contributed by atoms with Gasteiger partial charge < -0.3 is 14.2 Å². The van der Waals surface area contributed by atoms with Gasteiger partial charge in [-0.1, -0.05) is 0 Å². The van der Waals surface area contributed by atoms with Gasteiger partial charge in [-0.2, -0.15) is 0 Å². The van der Waals surface area contributed by atoms with Crippen molar-refractivity contribution in [2.45, 2.75) is 0 Å².